The molecule has 1 heterocycles. The molecule has 6 nitrogen and oxygen atoms in total. The fraction of sp³-hybridized carbons (Fsp3) is 0.333. The number of nitrogens with one attached hydrogen (secondary N) is 1. The monoisotopic (exact) mass is 537 g/mol. The van der Waals surface area contributed by atoms with Crippen LogP contribution in [0.15, 0.2) is 78.9 Å². The van der Waals surface area contributed by atoms with Crippen LogP contribution in [0, 0.1) is 5.82 Å². The van der Waals surface area contributed by atoms with E-state index in [1.165, 1.54) is 12.1 Å². The van der Waals surface area contributed by atoms with Crippen LogP contribution in [0.2, 0.25) is 5.02 Å². The fourth-order valence-electron chi connectivity index (χ4n) is 4.50. The molecule has 1 saturated heterocycles. The number of hydrogen-bond acceptors (Lipinski definition) is 4. The van der Waals surface area contributed by atoms with E-state index < -0.39 is 6.04 Å². The van der Waals surface area contributed by atoms with Crippen LogP contribution in [0.4, 0.5) is 4.39 Å². The first-order chi connectivity index (χ1) is 18.5. The van der Waals surface area contributed by atoms with Gasteiger partial charge in [0.05, 0.1) is 19.6 Å². The van der Waals surface area contributed by atoms with Gasteiger partial charge in [-0.25, -0.2) is 4.39 Å². The highest BCUT2D eigenvalue weighted by molar-refractivity contribution is 6.30. The molecule has 1 fully saturated rings. The lowest BCUT2D eigenvalue weighted by Gasteiger charge is -2.32. The lowest BCUT2D eigenvalue weighted by atomic mass is 10.0. The van der Waals surface area contributed by atoms with Gasteiger partial charge in [-0.15, -0.1) is 0 Å². The van der Waals surface area contributed by atoms with E-state index in [9.17, 15) is 14.0 Å². The van der Waals surface area contributed by atoms with E-state index in [4.69, 9.17) is 16.3 Å². The summed E-state index contributed by atoms with van der Waals surface area (Å²) in [5.41, 5.74) is 2.49. The Bertz CT molecular complexity index is 1170. The van der Waals surface area contributed by atoms with Crippen molar-refractivity contribution in [2.75, 3.05) is 39.4 Å². The molecule has 0 bridgehead atoms. The van der Waals surface area contributed by atoms with Gasteiger partial charge in [0.15, 0.2) is 0 Å². The standard InChI is InChI=1S/C30H33ClFN3O3/c31-26-10-6-24(7-11-26)21-29(36)35(22-25-8-12-27(32)13-9-25)28(20-23-4-2-1-3-5-23)30(37)33-14-15-34-16-18-38-19-17-34/h1-13,28H,14-22H2,(H,33,37)/t28-/m1/s1. The second-order valence-corrected chi connectivity index (χ2v) is 9.84. The molecular weight excluding hydrogens is 505 g/mol. The van der Waals surface area contributed by atoms with Crippen molar-refractivity contribution in [2.45, 2.75) is 25.4 Å². The van der Waals surface area contributed by atoms with Gasteiger partial charge in [-0.3, -0.25) is 14.5 Å². The zero-order valence-electron chi connectivity index (χ0n) is 21.3. The van der Waals surface area contributed by atoms with Crippen LogP contribution < -0.4 is 5.32 Å². The predicted octanol–water partition coefficient (Wildman–Crippen LogP) is 4.11. The van der Waals surface area contributed by atoms with Gasteiger partial charge in [0.1, 0.15) is 11.9 Å². The Labute approximate surface area is 228 Å². The molecule has 8 heteroatoms. The van der Waals surface area contributed by atoms with Crippen LogP contribution in [0.1, 0.15) is 16.7 Å². The second-order valence-electron chi connectivity index (χ2n) is 9.40. The molecule has 1 aliphatic rings. The molecular formula is C30H33ClFN3O3. The number of carbonyl (C=O) groups excluding carboxylic acids is 2. The van der Waals surface area contributed by atoms with E-state index in [-0.39, 0.29) is 30.6 Å². The van der Waals surface area contributed by atoms with Gasteiger partial charge < -0.3 is 15.0 Å². The minimum absolute atomic E-state index is 0.116. The summed E-state index contributed by atoms with van der Waals surface area (Å²) in [4.78, 5) is 31.3. The van der Waals surface area contributed by atoms with Gasteiger partial charge in [0.25, 0.3) is 0 Å². The first kappa shape index (κ1) is 27.8. The molecule has 1 aliphatic heterocycles. The van der Waals surface area contributed by atoms with Crippen LogP contribution in [0.5, 0.6) is 0 Å². The van der Waals surface area contributed by atoms with Crippen molar-refractivity contribution in [1.82, 2.24) is 15.1 Å². The number of benzene rings is 3. The summed E-state index contributed by atoms with van der Waals surface area (Å²) in [6, 6.07) is 22.1. The normalized spacial score (nSPS) is 14.6. The van der Waals surface area contributed by atoms with Gasteiger partial charge in [-0.2, -0.15) is 0 Å². The van der Waals surface area contributed by atoms with Crippen molar-refractivity contribution >= 4 is 23.4 Å². The Morgan fingerprint density at radius 3 is 2.26 bits per heavy atom. The molecule has 3 aromatic carbocycles. The third-order valence-corrected chi connectivity index (χ3v) is 6.89. The van der Waals surface area contributed by atoms with Gasteiger partial charge in [0.2, 0.25) is 11.8 Å². The Morgan fingerprint density at radius 1 is 0.921 bits per heavy atom. The molecule has 200 valence electrons. The fourth-order valence-corrected chi connectivity index (χ4v) is 4.62. The predicted molar refractivity (Wildman–Crippen MR) is 146 cm³/mol. The molecule has 3 aromatic rings. The lowest BCUT2D eigenvalue weighted by Crippen LogP contribution is -2.52. The van der Waals surface area contributed by atoms with Gasteiger partial charge in [0, 0.05) is 44.2 Å². The zero-order valence-corrected chi connectivity index (χ0v) is 22.1. The number of amides is 2. The first-order valence-electron chi connectivity index (χ1n) is 12.9. The maximum Gasteiger partial charge on any atom is 0.243 e. The average Bonchev–Trinajstić information content (AvgIpc) is 2.94. The number of rotatable bonds is 11. The van der Waals surface area contributed by atoms with Crippen molar-refractivity contribution in [3.05, 3.63) is 106 Å². The topological polar surface area (TPSA) is 61.9 Å². The molecule has 0 aromatic heterocycles. The second kappa shape index (κ2) is 14.0. The smallest absolute Gasteiger partial charge is 0.243 e. The Hall–Kier alpha value is -3.26. The molecule has 0 unspecified atom stereocenters. The molecule has 0 spiro atoms. The van der Waals surface area contributed by atoms with Crippen LogP contribution in [-0.4, -0.2) is 67.0 Å². The van der Waals surface area contributed by atoms with Gasteiger partial charge in [-0.1, -0.05) is 66.2 Å². The highest BCUT2D eigenvalue weighted by Crippen LogP contribution is 2.18. The van der Waals surface area contributed by atoms with Crippen molar-refractivity contribution in [3.8, 4) is 0 Å². The summed E-state index contributed by atoms with van der Waals surface area (Å²) < 4.78 is 19.0. The molecule has 2 amide bonds. The average molecular weight is 538 g/mol. The number of halogens is 2. The van der Waals surface area contributed by atoms with Crippen molar-refractivity contribution in [3.63, 3.8) is 0 Å². The summed E-state index contributed by atoms with van der Waals surface area (Å²) in [5.74, 6) is -0.760. The maximum atomic E-state index is 13.7. The lowest BCUT2D eigenvalue weighted by molar-refractivity contribution is -0.140. The van der Waals surface area contributed by atoms with Crippen LogP contribution in [0.25, 0.3) is 0 Å². The van der Waals surface area contributed by atoms with Crippen molar-refractivity contribution in [1.29, 1.82) is 0 Å². The number of carbonyl (C=O) groups is 2. The molecule has 0 aliphatic carbocycles. The number of nitrogens with zero attached hydrogens (tertiary/aromatic N) is 2. The zero-order chi connectivity index (χ0) is 26.7. The van der Waals surface area contributed by atoms with Crippen LogP contribution in [-0.2, 0) is 33.7 Å². The molecule has 38 heavy (non-hydrogen) atoms. The maximum absolute atomic E-state index is 13.7. The Morgan fingerprint density at radius 2 is 1.58 bits per heavy atom. The highest BCUT2D eigenvalue weighted by atomic mass is 35.5. The number of ether oxygens (including phenoxy) is 1. The van der Waals surface area contributed by atoms with E-state index in [2.05, 4.69) is 10.2 Å². The summed E-state index contributed by atoms with van der Waals surface area (Å²) in [5, 5.41) is 3.65. The van der Waals surface area contributed by atoms with Crippen LogP contribution in [0.3, 0.4) is 0 Å². The minimum Gasteiger partial charge on any atom is -0.379 e. The Balaban J connectivity index is 1.57. The highest BCUT2D eigenvalue weighted by Gasteiger charge is 2.30. The van der Waals surface area contributed by atoms with Gasteiger partial charge in [-0.05, 0) is 41.0 Å². The molecule has 1 N–H and O–H groups in total. The minimum atomic E-state index is -0.744. The Kier molecular flexibility index (Phi) is 10.3. The van der Waals surface area contributed by atoms with E-state index in [1.54, 1.807) is 29.2 Å². The summed E-state index contributed by atoms with van der Waals surface area (Å²) in [6.07, 6.45) is 0.475. The van der Waals surface area contributed by atoms with E-state index in [0.29, 0.717) is 37.7 Å². The summed E-state index contributed by atoms with van der Waals surface area (Å²) in [7, 11) is 0. The molecule has 1 atom stereocenters. The summed E-state index contributed by atoms with van der Waals surface area (Å²) >= 11 is 6.03. The SMILES string of the molecule is O=C(NCCN1CCOCC1)[C@@H](Cc1ccccc1)N(Cc1ccc(F)cc1)C(=O)Cc1ccc(Cl)cc1. The van der Waals surface area contributed by atoms with E-state index in [1.807, 2.05) is 42.5 Å². The quantitative estimate of drug-likeness (QED) is 0.400. The molecule has 0 saturated carbocycles. The van der Waals surface area contributed by atoms with Gasteiger partial charge >= 0.3 is 0 Å². The molecule has 0 radical (unpaired) electrons. The summed E-state index contributed by atoms with van der Waals surface area (Å²) in [6.45, 7) is 4.41. The number of hydrogen-bond donors (Lipinski definition) is 1. The van der Waals surface area contributed by atoms with E-state index in [0.717, 1.165) is 29.8 Å². The first-order valence-corrected chi connectivity index (χ1v) is 13.3. The number of morpholine rings is 1. The van der Waals surface area contributed by atoms with Crippen molar-refractivity contribution < 1.29 is 18.7 Å². The van der Waals surface area contributed by atoms with Crippen LogP contribution >= 0.6 is 11.6 Å². The largest absolute Gasteiger partial charge is 0.379 e. The third-order valence-electron chi connectivity index (χ3n) is 6.64. The van der Waals surface area contributed by atoms with E-state index >= 15 is 0 Å². The van der Waals surface area contributed by atoms with Crippen molar-refractivity contribution in [2.24, 2.45) is 0 Å². The third kappa shape index (κ3) is 8.38. The molecule has 4 rings (SSSR count).